The fourth-order valence-electron chi connectivity index (χ4n) is 4.30. The number of aromatic nitrogens is 5. The molecule has 154 valence electrons. The van der Waals surface area contributed by atoms with Crippen molar-refractivity contribution in [3.8, 4) is 11.4 Å². The van der Waals surface area contributed by atoms with E-state index in [0.717, 1.165) is 66.8 Å². The summed E-state index contributed by atoms with van der Waals surface area (Å²) in [7, 11) is 0. The Bertz CT molecular complexity index is 1200. The molecular formula is C23H26N6O. The number of likely N-dealkylation sites (tertiary alicyclic amines) is 1. The molecule has 4 aromatic heterocycles. The van der Waals surface area contributed by atoms with Crippen LogP contribution in [-0.4, -0.2) is 48.0 Å². The number of pyridine rings is 2. The van der Waals surface area contributed by atoms with Gasteiger partial charge < -0.3 is 4.90 Å². The molecule has 1 aliphatic rings. The van der Waals surface area contributed by atoms with Gasteiger partial charge in [-0.05, 0) is 37.5 Å². The molecule has 0 aliphatic carbocycles. The first-order valence-electron chi connectivity index (χ1n) is 10.8. The SMILES string of the molecule is CCCn1nc(-c2cnc3ccccn23)c2cnc(C(=O)N3CCCCCC3)cc21. The minimum atomic E-state index is 0.0272. The van der Waals surface area contributed by atoms with Crippen LogP contribution in [0.25, 0.3) is 27.9 Å². The fraction of sp³-hybridized carbons (Fsp3) is 0.391. The van der Waals surface area contributed by atoms with Gasteiger partial charge >= 0.3 is 0 Å². The third-order valence-corrected chi connectivity index (χ3v) is 5.84. The highest BCUT2D eigenvalue weighted by molar-refractivity contribution is 5.99. The van der Waals surface area contributed by atoms with Gasteiger partial charge in [0.05, 0.1) is 17.4 Å². The van der Waals surface area contributed by atoms with Crippen LogP contribution in [0.3, 0.4) is 0 Å². The van der Waals surface area contributed by atoms with Crippen LogP contribution in [0.5, 0.6) is 0 Å². The van der Waals surface area contributed by atoms with Crippen LogP contribution in [-0.2, 0) is 6.54 Å². The maximum Gasteiger partial charge on any atom is 0.272 e. The Morgan fingerprint density at radius 3 is 2.70 bits per heavy atom. The highest BCUT2D eigenvalue weighted by Gasteiger charge is 2.22. The first kappa shape index (κ1) is 18.8. The van der Waals surface area contributed by atoms with E-state index in [-0.39, 0.29) is 5.91 Å². The quantitative estimate of drug-likeness (QED) is 0.514. The van der Waals surface area contributed by atoms with E-state index in [2.05, 4.69) is 16.9 Å². The molecule has 0 N–H and O–H groups in total. The Morgan fingerprint density at radius 1 is 1.07 bits per heavy atom. The number of nitrogens with zero attached hydrogens (tertiary/aromatic N) is 6. The molecule has 7 heteroatoms. The summed E-state index contributed by atoms with van der Waals surface area (Å²) in [5, 5.41) is 5.84. The molecule has 0 unspecified atom stereocenters. The molecule has 0 bridgehead atoms. The number of aryl methyl sites for hydroxylation is 1. The number of carbonyl (C=O) groups is 1. The van der Waals surface area contributed by atoms with Gasteiger partial charge in [0.15, 0.2) is 0 Å². The van der Waals surface area contributed by atoms with Crippen LogP contribution in [0.15, 0.2) is 42.9 Å². The van der Waals surface area contributed by atoms with Crippen LogP contribution < -0.4 is 0 Å². The fourth-order valence-corrected chi connectivity index (χ4v) is 4.30. The van der Waals surface area contributed by atoms with Crippen molar-refractivity contribution in [1.29, 1.82) is 0 Å². The maximum atomic E-state index is 13.1. The molecule has 4 aromatic rings. The summed E-state index contributed by atoms with van der Waals surface area (Å²) in [6.45, 7) is 4.56. The summed E-state index contributed by atoms with van der Waals surface area (Å²) in [5.41, 5.74) is 4.11. The highest BCUT2D eigenvalue weighted by Crippen LogP contribution is 2.29. The first-order chi connectivity index (χ1) is 14.8. The Morgan fingerprint density at radius 2 is 1.90 bits per heavy atom. The lowest BCUT2D eigenvalue weighted by Gasteiger charge is -2.19. The lowest BCUT2D eigenvalue weighted by molar-refractivity contribution is 0.0756. The summed E-state index contributed by atoms with van der Waals surface area (Å²) in [4.78, 5) is 24.1. The third-order valence-electron chi connectivity index (χ3n) is 5.84. The highest BCUT2D eigenvalue weighted by atomic mass is 16.2. The molecule has 1 fully saturated rings. The van der Waals surface area contributed by atoms with Gasteiger partial charge in [0.25, 0.3) is 5.91 Å². The van der Waals surface area contributed by atoms with Crippen molar-refractivity contribution in [2.24, 2.45) is 0 Å². The van der Waals surface area contributed by atoms with Crippen molar-refractivity contribution >= 4 is 22.5 Å². The van der Waals surface area contributed by atoms with Crippen molar-refractivity contribution in [3.05, 3.63) is 48.5 Å². The van der Waals surface area contributed by atoms with Crippen LogP contribution in [0, 0.1) is 0 Å². The summed E-state index contributed by atoms with van der Waals surface area (Å²) in [6, 6.07) is 7.85. The van der Waals surface area contributed by atoms with Crippen molar-refractivity contribution in [1.82, 2.24) is 29.0 Å². The van der Waals surface area contributed by atoms with E-state index >= 15 is 0 Å². The summed E-state index contributed by atoms with van der Waals surface area (Å²) >= 11 is 0. The lowest BCUT2D eigenvalue weighted by Crippen LogP contribution is -2.32. The van der Waals surface area contributed by atoms with Crippen LogP contribution in [0.4, 0.5) is 0 Å². The minimum Gasteiger partial charge on any atom is -0.337 e. The molecule has 0 aromatic carbocycles. The Labute approximate surface area is 175 Å². The van der Waals surface area contributed by atoms with Gasteiger partial charge in [0, 0.05) is 37.4 Å². The molecule has 0 spiro atoms. The molecule has 5 heterocycles. The van der Waals surface area contributed by atoms with E-state index in [0.29, 0.717) is 5.69 Å². The first-order valence-corrected chi connectivity index (χ1v) is 10.8. The zero-order chi connectivity index (χ0) is 20.5. The summed E-state index contributed by atoms with van der Waals surface area (Å²) in [6.07, 6.45) is 11.1. The second-order valence-electron chi connectivity index (χ2n) is 7.94. The van der Waals surface area contributed by atoms with Crippen molar-refractivity contribution < 1.29 is 4.79 Å². The molecule has 1 saturated heterocycles. The molecule has 1 aliphatic heterocycles. The molecule has 1 amide bonds. The van der Waals surface area contributed by atoms with Crippen LogP contribution in [0.2, 0.25) is 0 Å². The molecule has 0 atom stereocenters. The number of amides is 1. The lowest BCUT2D eigenvalue weighted by atomic mass is 10.2. The molecule has 0 radical (unpaired) electrons. The van der Waals surface area contributed by atoms with E-state index in [9.17, 15) is 4.79 Å². The van der Waals surface area contributed by atoms with E-state index in [1.807, 2.05) is 50.6 Å². The summed E-state index contributed by atoms with van der Waals surface area (Å²) in [5.74, 6) is 0.0272. The van der Waals surface area contributed by atoms with Crippen molar-refractivity contribution in [2.45, 2.75) is 45.6 Å². The van der Waals surface area contributed by atoms with Gasteiger partial charge in [0.2, 0.25) is 0 Å². The second kappa shape index (κ2) is 7.89. The standard InChI is InChI=1S/C23H26N6O/c1-2-10-29-19-14-18(23(30)27-11-6-3-4-7-12-27)24-15-17(19)22(26-29)20-16-25-21-9-5-8-13-28(20)21/h5,8-9,13-16H,2-4,6-7,10-12H2,1H3. The van der Waals surface area contributed by atoms with Crippen LogP contribution in [0.1, 0.15) is 49.5 Å². The van der Waals surface area contributed by atoms with Crippen LogP contribution >= 0.6 is 0 Å². The average Bonchev–Trinajstić information content (AvgIpc) is 3.23. The maximum absolute atomic E-state index is 13.1. The Balaban J connectivity index is 1.60. The molecule has 5 rings (SSSR count). The Hall–Kier alpha value is -3.22. The molecule has 30 heavy (non-hydrogen) atoms. The number of fused-ring (bicyclic) bond motifs is 2. The van der Waals surface area contributed by atoms with E-state index in [1.165, 1.54) is 12.8 Å². The normalized spacial score (nSPS) is 15.0. The average molecular weight is 403 g/mol. The minimum absolute atomic E-state index is 0.0272. The van der Waals surface area contributed by atoms with E-state index in [4.69, 9.17) is 5.10 Å². The monoisotopic (exact) mass is 402 g/mol. The second-order valence-corrected chi connectivity index (χ2v) is 7.94. The number of rotatable bonds is 4. The smallest absolute Gasteiger partial charge is 0.272 e. The van der Waals surface area contributed by atoms with Gasteiger partial charge in [-0.15, -0.1) is 0 Å². The third kappa shape index (κ3) is 3.24. The Kier molecular flexibility index (Phi) is 4.94. The number of imidazole rings is 1. The topological polar surface area (TPSA) is 68.3 Å². The van der Waals surface area contributed by atoms with Gasteiger partial charge in [-0.25, -0.2) is 4.98 Å². The zero-order valence-electron chi connectivity index (χ0n) is 17.3. The van der Waals surface area contributed by atoms with Gasteiger partial charge in [-0.3, -0.25) is 18.9 Å². The summed E-state index contributed by atoms with van der Waals surface area (Å²) < 4.78 is 4.03. The number of hydrogen-bond acceptors (Lipinski definition) is 4. The van der Waals surface area contributed by atoms with Gasteiger partial charge in [-0.2, -0.15) is 5.10 Å². The van der Waals surface area contributed by atoms with Gasteiger partial charge in [-0.1, -0.05) is 25.8 Å². The van der Waals surface area contributed by atoms with E-state index in [1.54, 1.807) is 6.20 Å². The van der Waals surface area contributed by atoms with Gasteiger partial charge in [0.1, 0.15) is 17.0 Å². The van der Waals surface area contributed by atoms with Crippen molar-refractivity contribution in [3.63, 3.8) is 0 Å². The van der Waals surface area contributed by atoms with E-state index < -0.39 is 0 Å². The number of hydrogen-bond donors (Lipinski definition) is 0. The largest absolute Gasteiger partial charge is 0.337 e. The molecular weight excluding hydrogens is 376 g/mol. The molecule has 7 nitrogen and oxygen atoms in total. The predicted molar refractivity (Wildman–Crippen MR) is 116 cm³/mol. The number of carbonyl (C=O) groups excluding carboxylic acids is 1. The molecule has 0 saturated carbocycles. The zero-order valence-corrected chi connectivity index (χ0v) is 17.3. The predicted octanol–water partition coefficient (Wildman–Crippen LogP) is 4.17. The van der Waals surface area contributed by atoms with Crippen molar-refractivity contribution in [2.75, 3.05) is 13.1 Å².